The van der Waals surface area contributed by atoms with Crippen molar-refractivity contribution in [2.75, 3.05) is 0 Å². The zero-order chi connectivity index (χ0) is 8.20. The van der Waals surface area contributed by atoms with Gasteiger partial charge in [-0.2, -0.15) is 0 Å². The molecule has 2 nitrogen and oxygen atoms in total. The number of rotatable bonds is 2. The van der Waals surface area contributed by atoms with E-state index >= 15 is 0 Å². The van der Waals surface area contributed by atoms with Crippen molar-refractivity contribution in [2.45, 2.75) is 19.7 Å². The normalized spacial score (nSPS) is 13.4. The van der Waals surface area contributed by atoms with Gasteiger partial charge in [0.25, 0.3) is 0 Å². The largest absolute Gasteiger partial charge is 0.574 e. The SMILES string of the molecule is CC/C=C(/N)OC(F)(F)F. The molecule has 0 spiro atoms. The fraction of sp³-hybridized carbons (Fsp3) is 0.600. The monoisotopic (exact) mass is 155 g/mol. The van der Waals surface area contributed by atoms with E-state index in [2.05, 4.69) is 4.74 Å². The second-order valence-corrected chi connectivity index (χ2v) is 1.56. The number of halogens is 3. The second-order valence-electron chi connectivity index (χ2n) is 1.56. The van der Waals surface area contributed by atoms with Crippen LogP contribution in [0.3, 0.4) is 0 Å². The third-order valence-corrected chi connectivity index (χ3v) is 0.639. The molecule has 0 saturated heterocycles. The molecule has 0 atom stereocenters. The summed E-state index contributed by atoms with van der Waals surface area (Å²) in [5.74, 6) is -0.602. The molecule has 60 valence electrons. The first-order chi connectivity index (χ1) is 4.45. The van der Waals surface area contributed by atoms with Crippen molar-refractivity contribution in [3.05, 3.63) is 12.0 Å². The molecule has 0 aliphatic carbocycles. The van der Waals surface area contributed by atoms with E-state index in [0.29, 0.717) is 6.42 Å². The Morgan fingerprint density at radius 1 is 1.60 bits per heavy atom. The van der Waals surface area contributed by atoms with Crippen molar-refractivity contribution in [1.29, 1.82) is 0 Å². The molecule has 0 rings (SSSR count). The average Bonchev–Trinajstić information content (AvgIpc) is 1.59. The Morgan fingerprint density at radius 2 is 2.10 bits per heavy atom. The van der Waals surface area contributed by atoms with Crippen LogP contribution in [0.15, 0.2) is 12.0 Å². The van der Waals surface area contributed by atoms with Gasteiger partial charge in [-0.05, 0) is 12.5 Å². The molecule has 0 aromatic carbocycles. The molecule has 0 amide bonds. The molecule has 0 bridgehead atoms. The minimum Gasteiger partial charge on any atom is -0.391 e. The molecule has 0 saturated carbocycles. The van der Waals surface area contributed by atoms with Gasteiger partial charge < -0.3 is 10.5 Å². The fourth-order valence-corrected chi connectivity index (χ4v) is 0.376. The van der Waals surface area contributed by atoms with Gasteiger partial charge in [-0.15, -0.1) is 13.2 Å². The Morgan fingerprint density at radius 3 is 2.40 bits per heavy atom. The Balaban J connectivity index is 3.79. The van der Waals surface area contributed by atoms with Crippen LogP contribution < -0.4 is 5.73 Å². The smallest absolute Gasteiger partial charge is 0.391 e. The van der Waals surface area contributed by atoms with Crippen molar-refractivity contribution in [1.82, 2.24) is 0 Å². The van der Waals surface area contributed by atoms with E-state index in [1.54, 1.807) is 6.92 Å². The number of ether oxygens (including phenoxy) is 1. The first kappa shape index (κ1) is 9.13. The summed E-state index contributed by atoms with van der Waals surface area (Å²) in [4.78, 5) is 0. The van der Waals surface area contributed by atoms with E-state index in [-0.39, 0.29) is 0 Å². The van der Waals surface area contributed by atoms with Gasteiger partial charge >= 0.3 is 6.36 Å². The zero-order valence-corrected chi connectivity index (χ0v) is 5.40. The lowest BCUT2D eigenvalue weighted by Crippen LogP contribution is -2.17. The van der Waals surface area contributed by atoms with Gasteiger partial charge in [-0.3, -0.25) is 0 Å². The van der Waals surface area contributed by atoms with Gasteiger partial charge in [0.2, 0.25) is 0 Å². The highest BCUT2D eigenvalue weighted by molar-refractivity contribution is 4.85. The fourth-order valence-electron chi connectivity index (χ4n) is 0.376. The second kappa shape index (κ2) is 3.34. The van der Waals surface area contributed by atoms with E-state index < -0.39 is 12.2 Å². The standard InChI is InChI=1S/C5H8F3NO/c1-2-3-4(9)10-5(6,7)8/h3H,2,9H2,1H3/b4-3-. The topological polar surface area (TPSA) is 35.2 Å². The number of hydrogen-bond donors (Lipinski definition) is 1. The van der Waals surface area contributed by atoms with Gasteiger partial charge in [0, 0.05) is 0 Å². The molecule has 0 aromatic heterocycles. The predicted octanol–water partition coefficient (Wildman–Crippen LogP) is 1.73. The minimum absolute atomic E-state index is 0.419. The maximum atomic E-state index is 11.3. The average molecular weight is 155 g/mol. The highest BCUT2D eigenvalue weighted by atomic mass is 19.4. The first-order valence-corrected chi connectivity index (χ1v) is 2.67. The Kier molecular flexibility index (Phi) is 3.05. The van der Waals surface area contributed by atoms with Gasteiger partial charge in [-0.25, -0.2) is 0 Å². The molecule has 0 aliphatic rings. The van der Waals surface area contributed by atoms with Crippen molar-refractivity contribution in [3.63, 3.8) is 0 Å². The van der Waals surface area contributed by atoms with Crippen LogP contribution in [0.5, 0.6) is 0 Å². The van der Waals surface area contributed by atoms with Crippen LogP contribution in [0.2, 0.25) is 0 Å². The molecular formula is C5H8F3NO. The van der Waals surface area contributed by atoms with E-state index in [1.165, 1.54) is 0 Å². The zero-order valence-electron chi connectivity index (χ0n) is 5.40. The summed E-state index contributed by atoms with van der Waals surface area (Å²) < 4.78 is 37.2. The summed E-state index contributed by atoms with van der Waals surface area (Å²) in [7, 11) is 0. The van der Waals surface area contributed by atoms with E-state index in [0.717, 1.165) is 6.08 Å². The van der Waals surface area contributed by atoms with Gasteiger partial charge in [-0.1, -0.05) is 6.92 Å². The van der Waals surface area contributed by atoms with E-state index in [9.17, 15) is 13.2 Å². The van der Waals surface area contributed by atoms with Crippen molar-refractivity contribution < 1.29 is 17.9 Å². The summed E-state index contributed by atoms with van der Waals surface area (Å²) in [6, 6.07) is 0. The highest BCUT2D eigenvalue weighted by Gasteiger charge is 2.31. The third-order valence-electron chi connectivity index (χ3n) is 0.639. The summed E-state index contributed by atoms with van der Waals surface area (Å²) in [5, 5.41) is 0. The van der Waals surface area contributed by atoms with Gasteiger partial charge in [0.15, 0.2) is 5.88 Å². The van der Waals surface area contributed by atoms with Crippen LogP contribution in [0.4, 0.5) is 13.2 Å². The maximum Gasteiger partial charge on any atom is 0.574 e. The van der Waals surface area contributed by atoms with Crippen molar-refractivity contribution in [2.24, 2.45) is 5.73 Å². The predicted molar refractivity (Wildman–Crippen MR) is 29.7 cm³/mol. The van der Waals surface area contributed by atoms with Gasteiger partial charge in [0.1, 0.15) is 0 Å². The molecule has 0 aliphatic heterocycles. The number of allylic oxidation sites excluding steroid dienone is 1. The van der Waals surface area contributed by atoms with Crippen LogP contribution in [0, 0.1) is 0 Å². The summed E-state index contributed by atoms with van der Waals surface area (Å²) in [5.41, 5.74) is 4.79. The lowest BCUT2D eigenvalue weighted by Gasteiger charge is -2.07. The van der Waals surface area contributed by atoms with E-state index in [1.807, 2.05) is 0 Å². The van der Waals surface area contributed by atoms with Crippen LogP contribution in [-0.4, -0.2) is 6.36 Å². The molecular weight excluding hydrogens is 147 g/mol. The molecule has 0 aromatic rings. The molecule has 10 heavy (non-hydrogen) atoms. The molecule has 0 heterocycles. The minimum atomic E-state index is -4.67. The van der Waals surface area contributed by atoms with Crippen LogP contribution >= 0.6 is 0 Å². The van der Waals surface area contributed by atoms with Crippen LogP contribution in [0.25, 0.3) is 0 Å². The molecule has 0 fully saturated rings. The lowest BCUT2D eigenvalue weighted by atomic mass is 10.5. The Hall–Kier alpha value is -0.870. The Labute approximate surface area is 56.5 Å². The lowest BCUT2D eigenvalue weighted by molar-refractivity contribution is -0.305. The maximum absolute atomic E-state index is 11.3. The van der Waals surface area contributed by atoms with Crippen LogP contribution in [-0.2, 0) is 4.74 Å². The summed E-state index contributed by atoms with van der Waals surface area (Å²) in [6.45, 7) is 1.66. The third kappa shape index (κ3) is 5.27. The summed E-state index contributed by atoms with van der Waals surface area (Å²) in [6.07, 6.45) is -3.11. The number of alkyl halides is 3. The van der Waals surface area contributed by atoms with Gasteiger partial charge in [0.05, 0.1) is 0 Å². The molecule has 5 heteroatoms. The summed E-state index contributed by atoms with van der Waals surface area (Å²) >= 11 is 0. The first-order valence-electron chi connectivity index (χ1n) is 2.67. The highest BCUT2D eigenvalue weighted by Crippen LogP contribution is 2.18. The number of hydrogen-bond acceptors (Lipinski definition) is 2. The molecule has 2 N–H and O–H groups in total. The number of nitrogens with two attached hydrogens (primary N) is 1. The van der Waals surface area contributed by atoms with Crippen molar-refractivity contribution in [3.8, 4) is 0 Å². The van der Waals surface area contributed by atoms with E-state index in [4.69, 9.17) is 5.73 Å². The van der Waals surface area contributed by atoms with Crippen molar-refractivity contribution >= 4 is 0 Å². The molecule has 0 radical (unpaired) electrons. The quantitative estimate of drug-likeness (QED) is 0.616. The molecule has 0 unspecified atom stereocenters. The Bertz CT molecular complexity index is 129. The van der Waals surface area contributed by atoms with Crippen LogP contribution in [0.1, 0.15) is 13.3 Å².